The summed E-state index contributed by atoms with van der Waals surface area (Å²) in [5, 5.41) is 19.4. The quantitative estimate of drug-likeness (QED) is 0.639. The van der Waals surface area contributed by atoms with E-state index in [4.69, 9.17) is 23.2 Å². The summed E-state index contributed by atoms with van der Waals surface area (Å²) in [5.41, 5.74) is 1.26. The van der Waals surface area contributed by atoms with Crippen molar-refractivity contribution in [2.24, 2.45) is 5.92 Å². The van der Waals surface area contributed by atoms with Crippen LogP contribution in [0.15, 0.2) is 12.1 Å². The van der Waals surface area contributed by atoms with E-state index < -0.39 is 18.1 Å². The Labute approximate surface area is 156 Å². The molecule has 2 aliphatic heterocycles. The lowest BCUT2D eigenvalue weighted by Gasteiger charge is -2.33. The fraction of sp³-hybridized carbons (Fsp3) is 0.529. The Morgan fingerprint density at radius 2 is 1.96 bits per heavy atom. The van der Waals surface area contributed by atoms with Gasteiger partial charge in [-0.15, -0.1) is 0 Å². The molecule has 0 bridgehead atoms. The third-order valence-electron chi connectivity index (χ3n) is 4.81. The zero-order valence-corrected chi connectivity index (χ0v) is 15.2. The number of aliphatic carboxylic acids is 1. The Morgan fingerprint density at radius 1 is 1.24 bits per heavy atom. The predicted molar refractivity (Wildman–Crippen MR) is 97.2 cm³/mol. The minimum absolute atomic E-state index is 0.0695. The normalized spacial score (nSPS) is 23.4. The molecule has 0 unspecified atom stereocenters. The van der Waals surface area contributed by atoms with Crippen molar-refractivity contribution >= 4 is 40.8 Å². The van der Waals surface area contributed by atoms with E-state index in [0.717, 1.165) is 25.9 Å². The van der Waals surface area contributed by atoms with E-state index >= 15 is 0 Å². The summed E-state index contributed by atoms with van der Waals surface area (Å²) in [5.74, 6) is -0.683. The Bertz CT molecular complexity index is 677. The molecule has 1 amide bonds. The zero-order chi connectivity index (χ0) is 18.0. The fourth-order valence-corrected chi connectivity index (χ4v) is 4.18. The molecule has 25 heavy (non-hydrogen) atoms. The maximum atomic E-state index is 12.5. The number of hydrogen-bond acceptors (Lipinski definition) is 4. The second kappa shape index (κ2) is 7.81. The van der Waals surface area contributed by atoms with E-state index in [0.29, 0.717) is 33.6 Å². The largest absolute Gasteiger partial charge is 0.480 e. The van der Waals surface area contributed by atoms with Gasteiger partial charge in [0.2, 0.25) is 5.91 Å². The highest BCUT2D eigenvalue weighted by atomic mass is 35.5. The molecule has 0 saturated carbocycles. The van der Waals surface area contributed by atoms with Gasteiger partial charge in [-0.1, -0.05) is 23.2 Å². The number of amides is 1. The summed E-state index contributed by atoms with van der Waals surface area (Å²) in [7, 11) is 0. The van der Waals surface area contributed by atoms with Crippen molar-refractivity contribution in [2.45, 2.75) is 37.8 Å². The number of nitrogens with one attached hydrogen (secondary N) is 3. The van der Waals surface area contributed by atoms with E-state index in [1.165, 1.54) is 0 Å². The van der Waals surface area contributed by atoms with Gasteiger partial charge in [-0.3, -0.25) is 4.79 Å². The number of fused-ring (bicyclic) bond motifs is 1. The molecule has 0 radical (unpaired) electrons. The first kappa shape index (κ1) is 18.3. The van der Waals surface area contributed by atoms with Crippen LogP contribution in [0, 0.1) is 5.92 Å². The predicted octanol–water partition coefficient (Wildman–Crippen LogP) is 2.81. The van der Waals surface area contributed by atoms with Crippen LogP contribution >= 0.6 is 23.2 Å². The summed E-state index contributed by atoms with van der Waals surface area (Å²) in [6, 6.07) is 2.00. The van der Waals surface area contributed by atoms with Crippen LogP contribution < -0.4 is 16.0 Å². The van der Waals surface area contributed by atoms with Crippen LogP contribution in [0.4, 0.5) is 5.69 Å². The lowest BCUT2D eigenvalue weighted by molar-refractivity contribution is -0.138. The van der Waals surface area contributed by atoms with E-state index in [9.17, 15) is 14.7 Å². The van der Waals surface area contributed by atoms with Crippen molar-refractivity contribution < 1.29 is 14.7 Å². The van der Waals surface area contributed by atoms with Gasteiger partial charge in [-0.25, -0.2) is 4.79 Å². The van der Waals surface area contributed by atoms with Gasteiger partial charge in [-0.05, 0) is 44.0 Å². The molecule has 1 aromatic rings. The summed E-state index contributed by atoms with van der Waals surface area (Å²) >= 11 is 12.3. The molecule has 0 aromatic heterocycles. The molecule has 2 heterocycles. The molecule has 136 valence electrons. The SMILES string of the molecule is O=C(CC1CCNCC1)N[C@H]1C[C@H](C(=O)O)Nc2cc(Cl)cc(Cl)c21. The number of anilines is 1. The van der Waals surface area contributed by atoms with E-state index in [-0.39, 0.29) is 12.3 Å². The lowest BCUT2D eigenvalue weighted by atomic mass is 9.91. The fourth-order valence-electron chi connectivity index (χ4n) is 3.55. The Hall–Kier alpha value is -1.50. The molecule has 0 aliphatic carbocycles. The first-order valence-corrected chi connectivity index (χ1v) is 9.18. The number of hydrogen-bond donors (Lipinski definition) is 4. The first-order chi connectivity index (χ1) is 11.9. The third-order valence-corrected chi connectivity index (χ3v) is 5.34. The maximum Gasteiger partial charge on any atom is 0.326 e. The first-order valence-electron chi connectivity index (χ1n) is 8.42. The summed E-state index contributed by atoms with van der Waals surface area (Å²) in [4.78, 5) is 23.9. The van der Waals surface area contributed by atoms with Gasteiger partial charge in [0.05, 0.1) is 6.04 Å². The number of carbonyl (C=O) groups is 2. The van der Waals surface area contributed by atoms with Gasteiger partial charge in [0.1, 0.15) is 6.04 Å². The van der Waals surface area contributed by atoms with Crippen LogP contribution in [-0.2, 0) is 9.59 Å². The number of benzene rings is 1. The molecule has 8 heteroatoms. The number of carbonyl (C=O) groups excluding carboxylic acids is 1. The second-order valence-corrected chi connectivity index (χ2v) is 7.48. The standard InChI is InChI=1S/C17H21Cl2N3O3/c18-10-6-11(19)16-12(7-10)21-14(17(24)25)8-13(16)22-15(23)5-9-1-3-20-4-2-9/h6-7,9,13-14,20-21H,1-5,8H2,(H,22,23)(H,24,25)/t13-,14+/m0/s1. The molecule has 3 rings (SSSR count). The average Bonchev–Trinajstić information content (AvgIpc) is 2.54. The number of piperidine rings is 1. The molecule has 2 aliphatic rings. The summed E-state index contributed by atoms with van der Waals surface area (Å²) < 4.78 is 0. The Kier molecular flexibility index (Phi) is 5.71. The van der Waals surface area contributed by atoms with Crippen molar-refractivity contribution in [3.05, 3.63) is 27.7 Å². The molecule has 2 atom stereocenters. The van der Waals surface area contributed by atoms with Crippen LogP contribution in [0.5, 0.6) is 0 Å². The number of rotatable bonds is 4. The van der Waals surface area contributed by atoms with Crippen LogP contribution in [-0.4, -0.2) is 36.1 Å². The number of halogens is 2. The Balaban J connectivity index is 1.77. The smallest absolute Gasteiger partial charge is 0.326 e. The van der Waals surface area contributed by atoms with Crippen molar-refractivity contribution in [1.29, 1.82) is 0 Å². The van der Waals surface area contributed by atoms with Crippen LogP contribution in [0.25, 0.3) is 0 Å². The van der Waals surface area contributed by atoms with Gasteiger partial charge in [0, 0.05) is 34.1 Å². The van der Waals surface area contributed by atoms with Crippen LogP contribution in [0.2, 0.25) is 10.0 Å². The molecule has 1 fully saturated rings. The van der Waals surface area contributed by atoms with Crippen molar-refractivity contribution in [3.8, 4) is 0 Å². The van der Waals surface area contributed by atoms with Crippen LogP contribution in [0.3, 0.4) is 0 Å². The number of carboxylic acids is 1. The van der Waals surface area contributed by atoms with E-state index in [1.54, 1.807) is 12.1 Å². The average molecular weight is 386 g/mol. The zero-order valence-electron chi connectivity index (χ0n) is 13.6. The summed E-state index contributed by atoms with van der Waals surface area (Å²) in [6.45, 7) is 1.86. The van der Waals surface area contributed by atoms with Crippen molar-refractivity contribution in [3.63, 3.8) is 0 Å². The second-order valence-electron chi connectivity index (χ2n) is 6.64. The molecular weight excluding hydrogens is 365 g/mol. The molecular formula is C17H21Cl2N3O3. The summed E-state index contributed by atoms with van der Waals surface area (Å²) in [6.07, 6.45) is 2.64. The van der Waals surface area contributed by atoms with Crippen molar-refractivity contribution in [1.82, 2.24) is 10.6 Å². The lowest BCUT2D eigenvalue weighted by Crippen LogP contribution is -2.42. The third kappa shape index (κ3) is 4.37. The van der Waals surface area contributed by atoms with Crippen molar-refractivity contribution in [2.75, 3.05) is 18.4 Å². The van der Waals surface area contributed by atoms with Gasteiger partial charge < -0.3 is 21.1 Å². The van der Waals surface area contributed by atoms with Gasteiger partial charge in [0.25, 0.3) is 0 Å². The topological polar surface area (TPSA) is 90.5 Å². The minimum atomic E-state index is -0.973. The molecule has 1 saturated heterocycles. The molecule has 6 nitrogen and oxygen atoms in total. The number of carboxylic acid groups (broad SMARTS) is 1. The highest BCUT2D eigenvalue weighted by Crippen LogP contribution is 2.40. The maximum absolute atomic E-state index is 12.5. The molecule has 4 N–H and O–H groups in total. The van der Waals surface area contributed by atoms with Gasteiger partial charge in [-0.2, -0.15) is 0 Å². The monoisotopic (exact) mass is 385 g/mol. The van der Waals surface area contributed by atoms with Gasteiger partial charge >= 0.3 is 5.97 Å². The molecule has 1 aromatic carbocycles. The minimum Gasteiger partial charge on any atom is -0.480 e. The van der Waals surface area contributed by atoms with E-state index in [1.807, 2.05) is 0 Å². The van der Waals surface area contributed by atoms with Gasteiger partial charge in [0.15, 0.2) is 0 Å². The highest BCUT2D eigenvalue weighted by Gasteiger charge is 2.33. The van der Waals surface area contributed by atoms with E-state index in [2.05, 4.69) is 16.0 Å². The van der Waals surface area contributed by atoms with Crippen LogP contribution in [0.1, 0.15) is 37.3 Å². The highest BCUT2D eigenvalue weighted by molar-refractivity contribution is 6.35. The Morgan fingerprint density at radius 3 is 2.64 bits per heavy atom. The molecule has 0 spiro atoms.